The third-order valence-corrected chi connectivity index (χ3v) is 3.32. The van der Waals surface area contributed by atoms with Crippen LogP contribution in [0.1, 0.15) is 36.6 Å². The van der Waals surface area contributed by atoms with E-state index in [0.29, 0.717) is 6.61 Å². The first-order valence-corrected chi connectivity index (χ1v) is 6.91. The van der Waals surface area contributed by atoms with Crippen molar-refractivity contribution in [3.63, 3.8) is 0 Å². The van der Waals surface area contributed by atoms with Gasteiger partial charge in [-0.3, -0.25) is 10.8 Å². The van der Waals surface area contributed by atoms with E-state index in [2.05, 4.69) is 17.3 Å². The van der Waals surface area contributed by atoms with Crippen molar-refractivity contribution in [3.05, 3.63) is 59.4 Å². The van der Waals surface area contributed by atoms with Gasteiger partial charge in [-0.1, -0.05) is 19.1 Å². The fourth-order valence-electron chi connectivity index (χ4n) is 2.30. The predicted octanol–water partition coefficient (Wildman–Crippen LogP) is 2.60. The molecule has 3 N–H and O–H groups in total. The van der Waals surface area contributed by atoms with E-state index in [4.69, 9.17) is 10.6 Å². The zero-order valence-electron chi connectivity index (χ0n) is 12.0. The summed E-state index contributed by atoms with van der Waals surface area (Å²) in [4.78, 5) is 4.18. The van der Waals surface area contributed by atoms with Crippen LogP contribution in [0.25, 0.3) is 0 Å². The van der Waals surface area contributed by atoms with Crippen LogP contribution in [0.2, 0.25) is 0 Å². The Bertz CT molecular complexity index is 540. The third kappa shape index (κ3) is 3.15. The number of pyridine rings is 1. The number of rotatable bonds is 6. The molecule has 2 aromatic rings. The fraction of sp³-hybridized carbons (Fsp3) is 0.312. The summed E-state index contributed by atoms with van der Waals surface area (Å²) >= 11 is 0. The van der Waals surface area contributed by atoms with Crippen molar-refractivity contribution in [2.45, 2.75) is 26.3 Å². The maximum absolute atomic E-state index is 5.76. The molecule has 4 heteroatoms. The van der Waals surface area contributed by atoms with Gasteiger partial charge in [-0.25, -0.2) is 5.43 Å². The smallest absolute Gasteiger partial charge is 0.119 e. The van der Waals surface area contributed by atoms with E-state index in [1.54, 1.807) is 6.20 Å². The second-order valence-corrected chi connectivity index (χ2v) is 4.53. The number of nitrogens with two attached hydrogens (primary N) is 1. The van der Waals surface area contributed by atoms with Crippen molar-refractivity contribution >= 4 is 0 Å². The van der Waals surface area contributed by atoms with Gasteiger partial charge < -0.3 is 4.74 Å². The van der Waals surface area contributed by atoms with Crippen molar-refractivity contribution in [1.29, 1.82) is 0 Å². The first-order chi connectivity index (χ1) is 9.80. The van der Waals surface area contributed by atoms with Crippen LogP contribution in [0.15, 0.2) is 42.7 Å². The van der Waals surface area contributed by atoms with E-state index >= 15 is 0 Å². The zero-order chi connectivity index (χ0) is 14.4. The lowest BCUT2D eigenvalue weighted by atomic mass is 9.95. The van der Waals surface area contributed by atoms with Gasteiger partial charge in [0.2, 0.25) is 0 Å². The largest absolute Gasteiger partial charge is 0.494 e. The normalized spacial score (nSPS) is 12.2. The molecule has 1 atom stereocenters. The topological polar surface area (TPSA) is 60.2 Å². The van der Waals surface area contributed by atoms with Gasteiger partial charge >= 0.3 is 0 Å². The second kappa shape index (κ2) is 7.03. The summed E-state index contributed by atoms with van der Waals surface area (Å²) in [5, 5.41) is 0. The molecule has 1 heterocycles. The van der Waals surface area contributed by atoms with Crippen molar-refractivity contribution in [3.8, 4) is 5.75 Å². The summed E-state index contributed by atoms with van der Waals surface area (Å²) < 4.78 is 5.46. The molecule has 0 spiro atoms. The summed E-state index contributed by atoms with van der Waals surface area (Å²) in [7, 11) is 0. The molecule has 0 aliphatic heterocycles. The zero-order valence-corrected chi connectivity index (χ0v) is 12.0. The quantitative estimate of drug-likeness (QED) is 0.626. The first-order valence-electron chi connectivity index (χ1n) is 6.91. The van der Waals surface area contributed by atoms with E-state index in [1.807, 2.05) is 43.5 Å². The maximum atomic E-state index is 5.76. The van der Waals surface area contributed by atoms with Crippen LogP contribution in [0, 0.1) is 0 Å². The Hall–Kier alpha value is -1.91. The summed E-state index contributed by atoms with van der Waals surface area (Å²) in [6.45, 7) is 4.76. The van der Waals surface area contributed by atoms with Crippen LogP contribution >= 0.6 is 0 Å². The number of aryl methyl sites for hydroxylation is 1. The van der Waals surface area contributed by atoms with Gasteiger partial charge in [0.15, 0.2) is 0 Å². The van der Waals surface area contributed by atoms with Crippen LogP contribution in [0.4, 0.5) is 0 Å². The predicted molar refractivity (Wildman–Crippen MR) is 80.4 cm³/mol. The molecule has 1 aromatic heterocycles. The van der Waals surface area contributed by atoms with Gasteiger partial charge in [0.25, 0.3) is 0 Å². The molecule has 2 rings (SSSR count). The number of hydrazine groups is 1. The molecule has 0 fully saturated rings. The van der Waals surface area contributed by atoms with Crippen LogP contribution < -0.4 is 16.0 Å². The van der Waals surface area contributed by atoms with Gasteiger partial charge in [-0.05, 0) is 48.2 Å². The lowest BCUT2D eigenvalue weighted by Crippen LogP contribution is -2.29. The Morgan fingerprint density at radius 3 is 2.55 bits per heavy atom. The number of aromatic nitrogens is 1. The Balaban J connectivity index is 2.31. The minimum absolute atomic E-state index is 0.0383. The van der Waals surface area contributed by atoms with Gasteiger partial charge in [-0.15, -0.1) is 0 Å². The molecule has 0 saturated carbocycles. The number of ether oxygens (including phenoxy) is 1. The highest BCUT2D eigenvalue weighted by molar-refractivity contribution is 5.38. The molecule has 20 heavy (non-hydrogen) atoms. The number of nitrogens with one attached hydrogen (secondary N) is 1. The van der Waals surface area contributed by atoms with E-state index in [1.165, 1.54) is 5.56 Å². The summed E-state index contributed by atoms with van der Waals surface area (Å²) in [5.41, 5.74) is 6.36. The molecule has 0 aliphatic carbocycles. The molecule has 4 nitrogen and oxygen atoms in total. The molecule has 0 saturated heterocycles. The molecule has 1 aromatic carbocycles. The van der Waals surface area contributed by atoms with Gasteiger partial charge in [0.1, 0.15) is 5.75 Å². The number of benzene rings is 1. The molecular weight excluding hydrogens is 250 g/mol. The molecule has 1 unspecified atom stereocenters. The monoisotopic (exact) mass is 271 g/mol. The highest BCUT2D eigenvalue weighted by Crippen LogP contribution is 2.25. The van der Waals surface area contributed by atoms with Crippen molar-refractivity contribution in [1.82, 2.24) is 10.4 Å². The van der Waals surface area contributed by atoms with Crippen molar-refractivity contribution in [2.75, 3.05) is 6.61 Å². The highest BCUT2D eigenvalue weighted by atomic mass is 16.5. The van der Waals surface area contributed by atoms with Crippen LogP contribution in [-0.4, -0.2) is 11.6 Å². The van der Waals surface area contributed by atoms with Gasteiger partial charge in [-0.2, -0.15) is 0 Å². The minimum Gasteiger partial charge on any atom is -0.494 e. The molecule has 0 bridgehead atoms. The first kappa shape index (κ1) is 14.5. The second-order valence-electron chi connectivity index (χ2n) is 4.53. The lowest BCUT2D eigenvalue weighted by Gasteiger charge is -2.20. The molecule has 0 radical (unpaired) electrons. The molecule has 106 valence electrons. The van der Waals surface area contributed by atoms with E-state index in [-0.39, 0.29) is 6.04 Å². The molecule has 0 aliphatic rings. The van der Waals surface area contributed by atoms with Crippen molar-refractivity contribution in [2.24, 2.45) is 5.84 Å². The average molecular weight is 271 g/mol. The van der Waals surface area contributed by atoms with E-state index in [9.17, 15) is 0 Å². The van der Waals surface area contributed by atoms with Crippen LogP contribution in [-0.2, 0) is 6.42 Å². The van der Waals surface area contributed by atoms with Gasteiger partial charge in [0, 0.05) is 12.4 Å². The summed E-state index contributed by atoms with van der Waals surface area (Å²) in [5.74, 6) is 6.63. The lowest BCUT2D eigenvalue weighted by molar-refractivity contribution is 0.340. The van der Waals surface area contributed by atoms with E-state index < -0.39 is 0 Å². The highest BCUT2D eigenvalue weighted by Gasteiger charge is 2.15. The summed E-state index contributed by atoms with van der Waals surface area (Å²) in [6, 6.07) is 9.99. The van der Waals surface area contributed by atoms with Crippen molar-refractivity contribution < 1.29 is 4.74 Å². The van der Waals surface area contributed by atoms with Crippen LogP contribution in [0.3, 0.4) is 0 Å². The minimum atomic E-state index is -0.0383. The average Bonchev–Trinajstić information content (AvgIpc) is 2.50. The SMILES string of the molecule is CCOc1ccc(C(NN)c2ccncc2CC)cc1. The standard InChI is InChI=1S/C16H21N3O/c1-3-12-11-18-10-9-15(12)16(19-17)13-5-7-14(8-6-13)20-4-2/h5-11,16,19H,3-4,17H2,1-2H3. The fourth-order valence-corrected chi connectivity index (χ4v) is 2.30. The third-order valence-electron chi connectivity index (χ3n) is 3.32. The number of nitrogens with zero attached hydrogens (tertiary/aromatic N) is 1. The molecular formula is C16H21N3O. The number of hydrogen-bond acceptors (Lipinski definition) is 4. The Morgan fingerprint density at radius 1 is 1.20 bits per heavy atom. The maximum Gasteiger partial charge on any atom is 0.119 e. The Kier molecular flexibility index (Phi) is 5.09. The molecule has 0 amide bonds. The van der Waals surface area contributed by atoms with E-state index in [0.717, 1.165) is 23.3 Å². The van der Waals surface area contributed by atoms with Crippen LogP contribution in [0.5, 0.6) is 5.75 Å². The Labute approximate surface area is 120 Å². The number of hydrogen-bond donors (Lipinski definition) is 2. The van der Waals surface area contributed by atoms with Gasteiger partial charge in [0.05, 0.1) is 12.6 Å². The Morgan fingerprint density at radius 2 is 1.95 bits per heavy atom. The summed E-state index contributed by atoms with van der Waals surface area (Å²) in [6.07, 6.45) is 4.63.